The second kappa shape index (κ2) is 6.00. The van der Waals surface area contributed by atoms with Gasteiger partial charge in [-0.3, -0.25) is 0 Å². The lowest BCUT2D eigenvalue weighted by molar-refractivity contribution is -0.195. The van der Waals surface area contributed by atoms with Crippen molar-refractivity contribution in [2.75, 3.05) is 6.61 Å². The van der Waals surface area contributed by atoms with Crippen LogP contribution < -0.4 is 0 Å². The summed E-state index contributed by atoms with van der Waals surface area (Å²) in [5.74, 6) is -0.233. The van der Waals surface area contributed by atoms with Crippen LogP contribution in [-0.4, -0.2) is 29.4 Å². The van der Waals surface area contributed by atoms with E-state index in [0.717, 1.165) is 19.3 Å². The van der Waals surface area contributed by atoms with Gasteiger partial charge in [-0.25, -0.2) is 4.79 Å². The molecular weight excluding hydrogens is 254 g/mol. The van der Waals surface area contributed by atoms with E-state index >= 15 is 0 Å². The Kier molecular flexibility index (Phi) is 4.53. The monoisotopic (exact) mass is 279 g/mol. The number of rotatable bonds is 6. The van der Waals surface area contributed by atoms with Gasteiger partial charge >= 0.3 is 5.97 Å². The van der Waals surface area contributed by atoms with Crippen molar-refractivity contribution in [3.8, 4) is 0 Å². The minimum Gasteiger partial charge on any atom is -0.457 e. The maximum absolute atomic E-state index is 12.2. The van der Waals surface area contributed by atoms with Crippen LogP contribution in [0.25, 0.3) is 0 Å². The van der Waals surface area contributed by atoms with Gasteiger partial charge in [-0.15, -0.1) is 0 Å². The highest BCUT2D eigenvalue weighted by atomic mass is 16.6. The molecule has 0 bridgehead atoms. The highest BCUT2D eigenvalue weighted by Crippen LogP contribution is 2.50. The number of hydrogen-bond donors (Lipinski definition) is 0. The molecule has 4 nitrogen and oxygen atoms in total. The van der Waals surface area contributed by atoms with E-state index in [4.69, 9.17) is 9.47 Å². The summed E-state index contributed by atoms with van der Waals surface area (Å²) >= 11 is 0. The van der Waals surface area contributed by atoms with Crippen molar-refractivity contribution >= 4 is 5.97 Å². The van der Waals surface area contributed by atoms with Crippen molar-refractivity contribution in [1.29, 1.82) is 0 Å². The fraction of sp³-hybridized carbons (Fsp3) is 0.688. The summed E-state index contributed by atoms with van der Waals surface area (Å²) in [6, 6.07) is 3.65. The van der Waals surface area contributed by atoms with Crippen molar-refractivity contribution in [2.24, 2.45) is 12.5 Å². The summed E-state index contributed by atoms with van der Waals surface area (Å²) in [7, 11) is 1.85. The van der Waals surface area contributed by atoms with Gasteiger partial charge in [0.05, 0.1) is 6.10 Å². The number of carbonyl (C=O) groups excluding carboxylic acids is 1. The van der Waals surface area contributed by atoms with E-state index < -0.39 is 0 Å². The molecular formula is C16H25NO3. The van der Waals surface area contributed by atoms with Crippen LogP contribution in [0.2, 0.25) is 0 Å². The van der Waals surface area contributed by atoms with Gasteiger partial charge in [-0.2, -0.15) is 0 Å². The third kappa shape index (κ3) is 2.37. The SMILES string of the molecule is CCO[C@@H]1C[C@@H](OC(=O)c2cccn2C)C1(CC)CC. The van der Waals surface area contributed by atoms with Crippen LogP contribution in [0.15, 0.2) is 18.3 Å². The van der Waals surface area contributed by atoms with Gasteiger partial charge in [0.15, 0.2) is 0 Å². The van der Waals surface area contributed by atoms with Gasteiger partial charge < -0.3 is 14.0 Å². The first kappa shape index (κ1) is 15.1. The van der Waals surface area contributed by atoms with E-state index in [2.05, 4.69) is 13.8 Å². The summed E-state index contributed by atoms with van der Waals surface area (Å²) in [5.41, 5.74) is 0.586. The van der Waals surface area contributed by atoms with Crippen molar-refractivity contribution in [1.82, 2.24) is 4.57 Å². The third-order valence-electron chi connectivity index (χ3n) is 4.80. The summed E-state index contributed by atoms with van der Waals surface area (Å²) in [6.45, 7) is 7.03. The molecule has 0 spiro atoms. The molecule has 1 aliphatic carbocycles. The number of esters is 1. The van der Waals surface area contributed by atoms with Crippen LogP contribution in [0, 0.1) is 5.41 Å². The Morgan fingerprint density at radius 3 is 2.55 bits per heavy atom. The minimum absolute atomic E-state index is 0.0170. The second-order valence-electron chi connectivity index (χ2n) is 5.52. The van der Waals surface area contributed by atoms with Gasteiger partial charge in [-0.05, 0) is 31.9 Å². The predicted octanol–water partition coefficient (Wildman–Crippen LogP) is 3.17. The molecule has 0 radical (unpaired) electrons. The Balaban J connectivity index is 2.06. The first-order valence-corrected chi connectivity index (χ1v) is 7.52. The molecule has 2 atom stereocenters. The normalized spacial score (nSPS) is 24.2. The molecule has 0 N–H and O–H groups in total. The number of hydrogen-bond acceptors (Lipinski definition) is 3. The molecule has 2 rings (SSSR count). The largest absolute Gasteiger partial charge is 0.457 e. The highest BCUT2D eigenvalue weighted by Gasteiger charge is 2.55. The van der Waals surface area contributed by atoms with Crippen molar-refractivity contribution in [3.63, 3.8) is 0 Å². The Morgan fingerprint density at radius 2 is 2.05 bits per heavy atom. The van der Waals surface area contributed by atoms with Crippen LogP contribution in [0.1, 0.15) is 50.5 Å². The van der Waals surface area contributed by atoms with Crippen molar-refractivity contribution < 1.29 is 14.3 Å². The molecule has 1 aromatic rings. The average Bonchev–Trinajstić information content (AvgIpc) is 2.85. The number of nitrogens with zero attached hydrogens (tertiary/aromatic N) is 1. The van der Waals surface area contributed by atoms with Crippen LogP contribution >= 0.6 is 0 Å². The van der Waals surface area contributed by atoms with E-state index in [1.54, 1.807) is 10.6 Å². The summed E-state index contributed by atoms with van der Waals surface area (Å²) in [5, 5.41) is 0. The number of aryl methyl sites for hydroxylation is 1. The number of carbonyl (C=O) groups is 1. The molecule has 0 saturated heterocycles. The highest BCUT2D eigenvalue weighted by molar-refractivity contribution is 5.87. The molecule has 0 aromatic carbocycles. The molecule has 1 saturated carbocycles. The van der Waals surface area contributed by atoms with Crippen LogP contribution in [-0.2, 0) is 16.5 Å². The Morgan fingerprint density at radius 1 is 1.35 bits per heavy atom. The quantitative estimate of drug-likeness (QED) is 0.751. The molecule has 0 amide bonds. The Labute approximate surface area is 121 Å². The summed E-state index contributed by atoms with van der Waals surface area (Å²) in [6.07, 6.45) is 4.79. The van der Waals surface area contributed by atoms with Gasteiger partial charge in [0, 0.05) is 31.7 Å². The van der Waals surface area contributed by atoms with Gasteiger partial charge in [0.1, 0.15) is 11.8 Å². The Hall–Kier alpha value is -1.29. The molecule has 1 fully saturated rings. The Bertz CT molecular complexity index is 462. The summed E-state index contributed by atoms with van der Waals surface area (Å²) in [4.78, 5) is 12.2. The fourth-order valence-corrected chi connectivity index (χ4v) is 3.33. The van der Waals surface area contributed by atoms with E-state index in [0.29, 0.717) is 12.3 Å². The second-order valence-corrected chi connectivity index (χ2v) is 5.52. The molecule has 112 valence electrons. The molecule has 0 unspecified atom stereocenters. The number of aromatic nitrogens is 1. The van der Waals surface area contributed by atoms with Gasteiger partial charge in [-0.1, -0.05) is 13.8 Å². The molecule has 0 aliphatic heterocycles. The molecule has 4 heteroatoms. The van der Waals surface area contributed by atoms with E-state index in [9.17, 15) is 4.79 Å². The smallest absolute Gasteiger partial charge is 0.355 e. The molecule has 1 aromatic heterocycles. The standard InChI is InChI=1S/C16H25NO3/c1-5-16(6-2)13(19-7-3)11-14(16)20-15(18)12-9-8-10-17(12)4/h8-10,13-14H,5-7,11H2,1-4H3/t13-,14-/m1/s1. The molecule has 20 heavy (non-hydrogen) atoms. The van der Waals surface area contributed by atoms with Gasteiger partial charge in [0.25, 0.3) is 0 Å². The van der Waals surface area contributed by atoms with Crippen molar-refractivity contribution in [2.45, 2.75) is 52.2 Å². The lowest BCUT2D eigenvalue weighted by atomic mass is 9.60. The fourth-order valence-electron chi connectivity index (χ4n) is 3.33. The average molecular weight is 279 g/mol. The zero-order valence-corrected chi connectivity index (χ0v) is 12.9. The van der Waals surface area contributed by atoms with Crippen LogP contribution in [0.3, 0.4) is 0 Å². The molecule has 1 heterocycles. The van der Waals surface area contributed by atoms with Crippen LogP contribution in [0.5, 0.6) is 0 Å². The van der Waals surface area contributed by atoms with Crippen molar-refractivity contribution in [3.05, 3.63) is 24.0 Å². The lowest BCUT2D eigenvalue weighted by Gasteiger charge is -2.54. The molecule has 1 aliphatic rings. The lowest BCUT2D eigenvalue weighted by Crippen LogP contribution is -2.59. The zero-order valence-electron chi connectivity index (χ0n) is 12.9. The number of ether oxygens (including phenoxy) is 2. The van der Waals surface area contributed by atoms with E-state index in [1.807, 2.05) is 26.2 Å². The van der Waals surface area contributed by atoms with E-state index in [1.165, 1.54) is 0 Å². The first-order chi connectivity index (χ1) is 9.58. The first-order valence-electron chi connectivity index (χ1n) is 7.52. The van der Waals surface area contributed by atoms with E-state index in [-0.39, 0.29) is 23.6 Å². The third-order valence-corrected chi connectivity index (χ3v) is 4.80. The minimum atomic E-state index is -0.233. The predicted molar refractivity (Wildman–Crippen MR) is 77.7 cm³/mol. The maximum atomic E-state index is 12.2. The maximum Gasteiger partial charge on any atom is 0.355 e. The summed E-state index contributed by atoms with van der Waals surface area (Å²) < 4.78 is 13.3. The van der Waals surface area contributed by atoms with Gasteiger partial charge in [0.2, 0.25) is 0 Å². The zero-order chi connectivity index (χ0) is 14.8. The van der Waals surface area contributed by atoms with Crippen LogP contribution in [0.4, 0.5) is 0 Å². The topological polar surface area (TPSA) is 40.5 Å².